The normalized spacial score (nSPS) is 15.7. The maximum atomic E-state index is 9.38. The second-order valence-corrected chi connectivity index (χ2v) is 6.28. The van der Waals surface area contributed by atoms with Gasteiger partial charge in [0.2, 0.25) is 0 Å². The summed E-state index contributed by atoms with van der Waals surface area (Å²) >= 11 is 1.69. The largest absolute Gasteiger partial charge is 0.496 e. The molecule has 3 nitrogen and oxygen atoms in total. The summed E-state index contributed by atoms with van der Waals surface area (Å²) in [6.45, 7) is 7.05. The van der Waals surface area contributed by atoms with Crippen molar-refractivity contribution < 1.29 is 9.84 Å². The van der Waals surface area contributed by atoms with Crippen molar-refractivity contribution in [3.63, 3.8) is 0 Å². The topological polar surface area (TPSA) is 41.5 Å². The first-order valence-corrected chi connectivity index (χ1v) is 8.33. The summed E-state index contributed by atoms with van der Waals surface area (Å²) in [5.74, 6) is 1.39. The molecular formula is C16H27NO2S. The number of benzene rings is 1. The van der Waals surface area contributed by atoms with Crippen molar-refractivity contribution in [1.82, 2.24) is 5.32 Å². The molecule has 1 aromatic rings. The fraction of sp³-hybridized carbons (Fsp3) is 0.625. The van der Waals surface area contributed by atoms with Crippen molar-refractivity contribution in [2.45, 2.75) is 44.2 Å². The van der Waals surface area contributed by atoms with Crippen LogP contribution >= 0.6 is 11.8 Å². The van der Waals surface area contributed by atoms with Crippen LogP contribution < -0.4 is 10.1 Å². The Morgan fingerprint density at radius 1 is 1.30 bits per heavy atom. The van der Waals surface area contributed by atoms with Gasteiger partial charge in [-0.05, 0) is 56.7 Å². The van der Waals surface area contributed by atoms with Gasteiger partial charge in [-0.25, -0.2) is 0 Å². The average Bonchev–Trinajstić information content (AvgIpc) is 2.43. The number of methoxy groups -OCH3 is 1. The molecule has 0 aliphatic carbocycles. The third-order valence-electron chi connectivity index (χ3n) is 3.42. The lowest BCUT2D eigenvalue weighted by Gasteiger charge is -2.20. The molecule has 4 heteroatoms. The Bertz CT molecular complexity index is 409. The standard InChI is InChI=1S/C16H27NO2S/c1-11(8-12(2)18)10-17-13(3)14-6-7-16(20-5)15(9-14)19-4/h6-7,9,11-13,17-18H,8,10H2,1-5H3. The van der Waals surface area contributed by atoms with E-state index in [9.17, 15) is 5.11 Å². The number of ether oxygens (including phenoxy) is 1. The second-order valence-electron chi connectivity index (χ2n) is 5.43. The number of thioether (sulfide) groups is 1. The molecule has 0 fully saturated rings. The zero-order valence-corrected chi connectivity index (χ0v) is 14.0. The first kappa shape index (κ1) is 17.3. The van der Waals surface area contributed by atoms with Gasteiger partial charge in [0.05, 0.1) is 13.2 Å². The van der Waals surface area contributed by atoms with Gasteiger partial charge in [-0.1, -0.05) is 13.0 Å². The molecule has 0 saturated carbocycles. The molecule has 0 aliphatic heterocycles. The molecule has 20 heavy (non-hydrogen) atoms. The molecule has 0 aliphatic rings. The van der Waals surface area contributed by atoms with E-state index in [1.165, 1.54) is 5.56 Å². The minimum absolute atomic E-state index is 0.233. The van der Waals surface area contributed by atoms with Gasteiger partial charge < -0.3 is 15.2 Å². The number of hydrogen-bond acceptors (Lipinski definition) is 4. The third kappa shape index (κ3) is 5.35. The lowest BCUT2D eigenvalue weighted by Crippen LogP contribution is -2.26. The predicted molar refractivity (Wildman–Crippen MR) is 86.7 cm³/mol. The summed E-state index contributed by atoms with van der Waals surface area (Å²) in [4.78, 5) is 1.16. The lowest BCUT2D eigenvalue weighted by atomic mass is 10.0. The van der Waals surface area contributed by atoms with E-state index >= 15 is 0 Å². The van der Waals surface area contributed by atoms with E-state index in [0.29, 0.717) is 5.92 Å². The van der Waals surface area contributed by atoms with Crippen molar-refractivity contribution in [3.05, 3.63) is 23.8 Å². The Kier molecular flexibility index (Phi) is 7.41. The van der Waals surface area contributed by atoms with Crippen LogP contribution in [0.2, 0.25) is 0 Å². The molecule has 0 aromatic heterocycles. The first-order chi connectivity index (χ1) is 9.47. The van der Waals surface area contributed by atoms with Crippen LogP contribution in [-0.4, -0.2) is 31.1 Å². The monoisotopic (exact) mass is 297 g/mol. The molecule has 0 heterocycles. The number of aliphatic hydroxyl groups is 1. The highest BCUT2D eigenvalue weighted by Crippen LogP contribution is 2.30. The average molecular weight is 297 g/mol. The maximum absolute atomic E-state index is 9.38. The Labute approximate surface area is 127 Å². The Morgan fingerprint density at radius 2 is 2.00 bits per heavy atom. The lowest BCUT2D eigenvalue weighted by molar-refractivity contribution is 0.162. The smallest absolute Gasteiger partial charge is 0.132 e. The molecule has 2 N–H and O–H groups in total. The molecule has 1 rings (SSSR count). The highest BCUT2D eigenvalue weighted by Gasteiger charge is 2.11. The van der Waals surface area contributed by atoms with Crippen LogP contribution in [0, 0.1) is 5.92 Å². The predicted octanol–water partition coefficient (Wildman–Crippen LogP) is 3.47. The fourth-order valence-corrected chi connectivity index (χ4v) is 2.83. The molecule has 3 unspecified atom stereocenters. The molecule has 114 valence electrons. The van der Waals surface area contributed by atoms with Crippen LogP contribution in [0.15, 0.2) is 23.1 Å². The van der Waals surface area contributed by atoms with Crippen LogP contribution in [0.5, 0.6) is 5.75 Å². The van der Waals surface area contributed by atoms with E-state index in [1.807, 2.05) is 6.92 Å². The van der Waals surface area contributed by atoms with Crippen molar-refractivity contribution in [2.75, 3.05) is 19.9 Å². The minimum atomic E-state index is -0.233. The SMILES string of the molecule is COc1cc(C(C)NCC(C)CC(C)O)ccc1SC. The van der Waals surface area contributed by atoms with E-state index in [0.717, 1.165) is 23.6 Å². The Hall–Kier alpha value is -0.710. The van der Waals surface area contributed by atoms with E-state index in [-0.39, 0.29) is 12.1 Å². The van der Waals surface area contributed by atoms with Gasteiger partial charge in [0, 0.05) is 10.9 Å². The first-order valence-electron chi connectivity index (χ1n) is 7.11. The molecule has 0 spiro atoms. The van der Waals surface area contributed by atoms with Crippen LogP contribution in [-0.2, 0) is 0 Å². The molecule has 0 bridgehead atoms. The quantitative estimate of drug-likeness (QED) is 0.721. The Morgan fingerprint density at radius 3 is 2.55 bits per heavy atom. The number of hydrogen-bond donors (Lipinski definition) is 2. The summed E-state index contributed by atoms with van der Waals surface area (Å²) in [6.07, 6.45) is 2.65. The summed E-state index contributed by atoms with van der Waals surface area (Å²) < 4.78 is 5.42. The van der Waals surface area contributed by atoms with Gasteiger partial charge in [-0.3, -0.25) is 0 Å². The van der Waals surface area contributed by atoms with E-state index < -0.39 is 0 Å². The van der Waals surface area contributed by atoms with Crippen LogP contribution in [0.3, 0.4) is 0 Å². The van der Waals surface area contributed by atoms with E-state index in [2.05, 4.69) is 43.6 Å². The van der Waals surface area contributed by atoms with E-state index in [1.54, 1.807) is 18.9 Å². The zero-order valence-electron chi connectivity index (χ0n) is 13.1. The molecule has 0 radical (unpaired) electrons. The van der Waals surface area contributed by atoms with Crippen molar-refractivity contribution in [1.29, 1.82) is 0 Å². The zero-order chi connectivity index (χ0) is 15.1. The number of nitrogens with one attached hydrogen (secondary N) is 1. The summed E-state index contributed by atoms with van der Waals surface area (Å²) in [5.41, 5.74) is 1.23. The third-order valence-corrected chi connectivity index (χ3v) is 4.20. The van der Waals surface area contributed by atoms with Gasteiger partial charge in [-0.2, -0.15) is 0 Å². The fourth-order valence-electron chi connectivity index (χ4n) is 2.28. The van der Waals surface area contributed by atoms with Crippen LogP contribution in [0.1, 0.15) is 38.8 Å². The van der Waals surface area contributed by atoms with Crippen LogP contribution in [0.25, 0.3) is 0 Å². The van der Waals surface area contributed by atoms with Gasteiger partial charge in [0.25, 0.3) is 0 Å². The number of aliphatic hydroxyl groups excluding tert-OH is 1. The van der Waals surface area contributed by atoms with Crippen molar-refractivity contribution in [2.24, 2.45) is 5.92 Å². The molecule has 3 atom stereocenters. The summed E-state index contributed by atoms with van der Waals surface area (Å²) in [7, 11) is 1.71. The van der Waals surface area contributed by atoms with Crippen LogP contribution in [0.4, 0.5) is 0 Å². The highest BCUT2D eigenvalue weighted by atomic mass is 32.2. The second kappa shape index (κ2) is 8.55. The summed E-state index contributed by atoms with van der Waals surface area (Å²) in [5, 5.41) is 12.9. The summed E-state index contributed by atoms with van der Waals surface area (Å²) in [6, 6.07) is 6.63. The molecule has 0 amide bonds. The van der Waals surface area contributed by atoms with Gasteiger partial charge in [-0.15, -0.1) is 11.8 Å². The van der Waals surface area contributed by atoms with E-state index in [4.69, 9.17) is 4.74 Å². The van der Waals surface area contributed by atoms with Gasteiger partial charge in [0.15, 0.2) is 0 Å². The molecular weight excluding hydrogens is 270 g/mol. The van der Waals surface area contributed by atoms with Gasteiger partial charge >= 0.3 is 0 Å². The van der Waals surface area contributed by atoms with Crippen molar-refractivity contribution in [3.8, 4) is 5.75 Å². The Balaban J connectivity index is 2.61. The van der Waals surface area contributed by atoms with Gasteiger partial charge in [0.1, 0.15) is 5.75 Å². The molecule has 1 aromatic carbocycles. The highest BCUT2D eigenvalue weighted by molar-refractivity contribution is 7.98. The minimum Gasteiger partial charge on any atom is -0.496 e. The van der Waals surface area contributed by atoms with Crippen molar-refractivity contribution >= 4 is 11.8 Å². The molecule has 0 saturated heterocycles. The maximum Gasteiger partial charge on any atom is 0.132 e. The number of rotatable bonds is 8.